The SMILES string of the molecule is CC(O)c1ccc(Oc2ccc(CNC(=O)C3(NC(=O)C4CCOCC4)CC3)nc2)c(C(F)(F)F)c1. The first-order valence-corrected chi connectivity index (χ1v) is 11.8. The number of carbonyl (C=O) groups is 2. The van der Waals surface area contributed by atoms with Crippen molar-refractivity contribution >= 4 is 11.8 Å². The quantitative estimate of drug-likeness (QED) is 0.504. The molecule has 0 radical (unpaired) electrons. The van der Waals surface area contributed by atoms with E-state index in [0.29, 0.717) is 44.6 Å². The molecule has 2 aromatic rings. The molecular weight excluding hydrogens is 479 g/mol. The molecule has 1 unspecified atom stereocenters. The van der Waals surface area contributed by atoms with Crippen molar-refractivity contribution in [3.63, 3.8) is 0 Å². The highest BCUT2D eigenvalue weighted by Crippen LogP contribution is 2.39. The molecule has 1 atom stereocenters. The van der Waals surface area contributed by atoms with Crippen molar-refractivity contribution in [2.24, 2.45) is 5.92 Å². The summed E-state index contributed by atoms with van der Waals surface area (Å²) >= 11 is 0. The number of nitrogens with zero attached hydrogens (tertiary/aromatic N) is 1. The molecule has 36 heavy (non-hydrogen) atoms. The van der Waals surface area contributed by atoms with E-state index in [1.54, 1.807) is 0 Å². The molecule has 1 aliphatic carbocycles. The fourth-order valence-electron chi connectivity index (χ4n) is 3.99. The van der Waals surface area contributed by atoms with Crippen LogP contribution in [-0.4, -0.2) is 40.7 Å². The number of aliphatic hydroxyl groups excluding tert-OH is 1. The van der Waals surface area contributed by atoms with Gasteiger partial charge in [0.15, 0.2) is 0 Å². The minimum absolute atomic E-state index is 0.0859. The Balaban J connectivity index is 1.34. The van der Waals surface area contributed by atoms with E-state index in [9.17, 15) is 27.9 Å². The van der Waals surface area contributed by atoms with Crippen molar-refractivity contribution < 1.29 is 37.3 Å². The Morgan fingerprint density at radius 2 is 1.94 bits per heavy atom. The summed E-state index contributed by atoms with van der Waals surface area (Å²) in [6.45, 7) is 2.54. The van der Waals surface area contributed by atoms with Crippen molar-refractivity contribution in [1.29, 1.82) is 0 Å². The molecule has 1 saturated heterocycles. The Morgan fingerprint density at radius 3 is 2.53 bits per heavy atom. The van der Waals surface area contributed by atoms with Gasteiger partial charge in [0.2, 0.25) is 11.8 Å². The average Bonchev–Trinajstić information content (AvgIpc) is 3.64. The predicted octanol–water partition coefficient (Wildman–Crippen LogP) is 3.64. The molecule has 2 fully saturated rings. The molecule has 3 N–H and O–H groups in total. The summed E-state index contributed by atoms with van der Waals surface area (Å²) in [5.41, 5.74) is -1.31. The van der Waals surface area contributed by atoms with Crippen LogP contribution in [0, 0.1) is 5.92 Å². The van der Waals surface area contributed by atoms with Gasteiger partial charge in [0.1, 0.15) is 17.0 Å². The third-order valence-corrected chi connectivity index (χ3v) is 6.39. The number of aromatic nitrogens is 1. The second-order valence-corrected chi connectivity index (χ2v) is 9.16. The van der Waals surface area contributed by atoms with Crippen LogP contribution in [0.15, 0.2) is 36.5 Å². The largest absolute Gasteiger partial charge is 0.455 e. The predicted molar refractivity (Wildman–Crippen MR) is 122 cm³/mol. The number of aliphatic hydroxyl groups is 1. The number of hydrogen-bond acceptors (Lipinski definition) is 6. The van der Waals surface area contributed by atoms with Gasteiger partial charge in [-0.25, -0.2) is 0 Å². The molecule has 1 aromatic heterocycles. The van der Waals surface area contributed by atoms with E-state index in [-0.39, 0.29) is 35.6 Å². The zero-order chi connectivity index (χ0) is 25.9. The highest BCUT2D eigenvalue weighted by atomic mass is 19.4. The van der Waals surface area contributed by atoms with Gasteiger partial charge in [-0.2, -0.15) is 13.2 Å². The fraction of sp³-hybridized carbons (Fsp3) is 0.480. The van der Waals surface area contributed by atoms with Gasteiger partial charge >= 0.3 is 6.18 Å². The van der Waals surface area contributed by atoms with E-state index in [0.717, 1.165) is 12.1 Å². The number of halogens is 3. The number of rotatable bonds is 8. The number of alkyl halides is 3. The number of amides is 2. The molecule has 1 saturated carbocycles. The first kappa shape index (κ1) is 25.9. The van der Waals surface area contributed by atoms with Crippen LogP contribution in [0.3, 0.4) is 0 Å². The van der Waals surface area contributed by atoms with Gasteiger partial charge in [-0.3, -0.25) is 14.6 Å². The molecule has 11 heteroatoms. The van der Waals surface area contributed by atoms with Crippen molar-refractivity contribution in [2.45, 2.75) is 57.0 Å². The number of benzene rings is 1. The highest BCUT2D eigenvalue weighted by Gasteiger charge is 2.51. The van der Waals surface area contributed by atoms with E-state index in [1.165, 1.54) is 31.3 Å². The van der Waals surface area contributed by atoms with Crippen molar-refractivity contribution in [3.05, 3.63) is 53.3 Å². The summed E-state index contributed by atoms with van der Waals surface area (Å²) < 4.78 is 51.1. The minimum atomic E-state index is -4.67. The minimum Gasteiger partial charge on any atom is -0.455 e. The summed E-state index contributed by atoms with van der Waals surface area (Å²) in [5, 5.41) is 15.3. The van der Waals surface area contributed by atoms with Crippen molar-refractivity contribution in [1.82, 2.24) is 15.6 Å². The van der Waals surface area contributed by atoms with Gasteiger partial charge in [-0.15, -0.1) is 0 Å². The van der Waals surface area contributed by atoms with Crippen LogP contribution in [0.1, 0.15) is 55.5 Å². The van der Waals surface area contributed by atoms with Gasteiger partial charge in [-0.1, -0.05) is 6.07 Å². The Labute approximate surface area is 206 Å². The van der Waals surface area contributed by atoms with Crippen LogP contribution in [0.4, 0.5) is 13.2 Å². The average molecular weight is 508 g/mol. The first-order chi connectivity index (χ1) is 17.1. The number of ether oxygens (including phenoxy) is 2. The molecule has 194 valence electrons. The van der Waals surface area contributed by atoms with Crippen molar-refractivity contribution in [2.75, 3.05) is 13.2 Å². The van der Waals surface area contributed by atoms with E-state index >= 15 is 0 Å². The number of nitrogens with one attached hydrogen (secondary N) is 2. The Kier molecular flexibility index (Phi) is 7.51. The number of hydrogen-bond donors (Lipinski definition) is 3. The standard InChI is InChI=1S/C25H28F3N3O5/c1-15(32)17-2-5-21(20(12-17)25(26,27)28)36-19-4-3-18(29-14-19)13-30-23(34)24(8-9-24)31-22(33)16-6-10-35-11-7-16/h2-5,12,14-16,32H,6-11,13H2,1H3,(H,30,34)(H,31,33). The van der Waals surface area contributed by atoms with Crippen LogP contribution in [-0.2, 0) is 27.0 Å². The summed E-state index contributed by atoms with van der Waals surface area (Å²) in [4.78, 5) is 29.4. The maximum atomic E-state index is 13.5. The lowest BCUT2D eigenvalue weighted by Crippen LogP contribution is -2.51. The highest BCUT2D eigenvalue weighted by molar-refractivity contribution is 5.94. The summed E-state index contributed by atoms with van der Waals surface area (Å²) in [6, 6.07) is 6.36. The molecule has 2 heterocycles. The lowest BCUT2D eigenvalue weighted by molar-refractivity contribution is -0.138. The molecule has 0 spiro atoms. The molecule has 0 bridgehead atoms. The second-order valence-electron chi connectivity index (χ2n) is 9.16. The summed E-state index contributed by atoms with van der Waals surface area (Å²) in [5.74, 6) is -0.906. The van der Waals surface area contributed by atoms with Crippen LogP contribution < -0.4 is 15.4 Å². The maximum absolute atomic E-state index is 13.5. The molecule has 1 aromatic carbocycles. The summed E-state index contributed by atoms with van der Waals surface area (Å²) in [6.07, 6.45) is -2.07. The van der Waals surface area contributed by atoms with Crippen molar-refractivity contribution in [3.8, 4) is 11.5 Å². The number of pyridine rings is 1. The first-order valence-electron chi connectivity index (χ1n) is 11.8. The van der Waals surface area contributed by atoms with E-state index in [2.05, 4.69) is 15.6 Å². The van der Waals surface area contributed by atoms with E-state index < -0.39 is 29.1 Å². The van der Waals surface area contributed by atoms with Gasteiger partial charge in [0.25, 0.3) is 0 Å². The van der Waals surface area contributed by atoms with E-state index in [1.807, 2.05) is 0 Å². The van der Waals surface area contributed by atoms with Gasteiger partial charge in [-0.05, 0) is 62.4 Å². The van der Waals surface area contributed by atoms with E-state index in [4.69, 9.17) is 9.47 Å². The molecule has 4 rings (SSSR count). The van der Waals surface area contributed by atoms with Crippen LogP contribution >= 0.6 is 0 Å². The second kappa shape index (κ2) is 10.4. The lowest BCUT2D eigenvalue weighted by Gasteiger charge is -2.24. The fourth-order valence-corrected chi connectivity index (χ4v) is 3.99. The Bertz CT molecular complexity index is 1100. The third kappa shape index (κ3) is 6.14. The smallest absolute Gasteiger partial charge is 0.419 e. The normalized spacial score (nSPS) is 18.2. The third-order valence-electron chi connectivity index (χ3n) is 6.39. The Hall–Kier alpha value is -3.18. The molecule has 2 amide bonds. The van der Waals surface area contributed by atoms with Gasteiger partial charge < -0.3 is 25.2 Å². The molecule has 1 aliphatic heterocycles. The lowest BCUT2D eigenvalue weighted by atomic mass is 9.98. The number of carbonyl (C=O) groups excluding carboxylic acids is 2. The molecule has 2 aliphatic rings. The topological polar surface area (TPSA) is 110 Å². The zero-order valence-corrected chi connectivity index (χ0v) is 19.7. The molecule has 8 nitrogen and oxygen atoms in total. The summed E-state index contributed by atoms with van der Waals surface area (Å²) in [7, 11) is 0. The maximum Gasteiger partial charge on any atom is 0.419 e. The zero-order valence-electron chi connectivity index (χ0n) is 19.7. The monoisotopic (exact) mass is 507 g/mol. The van der Waals surface area contributed by atoms with Gasteiger partial charge in [0, 0.05) is 19.1 Å². The van der Waals surface area contributed by atoms with Gasteiger partial charge in [0.05, 0.1) is 30.1 Å². The van der Waals surface area contributed by atoms with Crippen LogP contribution in [0.2, 0.25) is 0 Å². The molecular formula is C25H28F3N3O5. The Morgan fingerprint density at radius 1 is 1.22 bits per heavy atom. The van der Waals surface area contributed by atoms with Crippen LogP contribution in [0.25, 0.3) is 0 Å². The van der Waals surface area contributed by atoms with Crippen LogP contribution in [0.5, 0.6) is 11.5 Å².